The molecule has 0 bridgehead atoms. The van der Waals surface area contributed by atoms with Crippen molar-refractivity contribution in [1.82, 2.24) is 0 Å². The quantitative estimate of drug-likeness (QED) is 0.382. The average molecular weight is 417 g/mol. The van der Waals surface area contributed by atoms with Crippen LogP contribution in [-0.4, -0.2) is 0 Å². The first-order valence-electron chi connectivity index (χ1n) is 11.4. The van der Waals surface area contributed by atoms with E-state index >= 15 is 0 Å². The van der Waals surface area contributed by atoms with E-state index in [0.717, 1.165) is 34.1 Å². The molecule has 31 heavy (non-hydrogen) atoms. The molecular weight excluding hydrogens is 380 g/mol. The lowest BCUT2D eigenvalue weighted by molar-refractivity contribution is 0.454. The molecule has 0 aromatic heterocycles. The monoisotopic (exact) mass is 416 g/mol. The highest BCUT2D eigenvalue weighted by atomic mass is 16.5. The smallest absolute Gasteiger partial charge is 0.131 e. The molecule has 0 aliphatic rings. The molecule has 3 aromatic rings. The van der Waals surface area contributed by atoms with Crippen LogP contribution in [0.5, 0.6) is 23.0 Å². The summed E-state index contributed by atoms with van der Waals surface area (Å²) in [6.07, 6.45) is 0. The van der Waals surface area contributed by atoms with Gasteiger partial charge in [0.15, 0.2) is 0 Å². The van der Waals surface area contributed by atoms with Crippen LogP contribution in [0.15, 0.2) is 54.6 Å². The Morgan fingerprint density at radius 3 is 1.19 bits per heavy atom. The van der Waals surface area contributed by atoms with Crippen LogP contribution in [0.1, 0.15) is 87.1 Å². The Morgan fingerprint density at radius 2 is 0.871 bits per heavy atom. The van der Waals surface area contributed by atoms with Crippen LogP contribution >= 0.6 is 0 Å². The lowest BCUT2D eigenvalue weighted by Gasteiger charge is -2.17. The third-order valence-electron chi connectivity index (χ3n) is 5.76. The second-order valence-corrected chi connectivity index (χ2v) is 9.46. The van der Waals surface area contributed by atoms with E-state index in [2.05, 4.69) is 104 Å². The highest BCUT2D eigenvalue weighted by molar-refractivity contribution is 5.47. The molecule has 0 aliphatic carbocycles. The minimum Gasteiger partial charge on any atom is -0.457 e. The van der Waals surface area contributed by atoms with Crippen LogP contribution in [0.25, 0.3) is 0 Å². The summed E-state index contributed by atoms with van der Waals surface area (Å²) in [7, 11) is 0. The standard InChI is InChI=1S/C29H36O2/c1-18(2)23-9-11-28(21(7)13-23)30-26-15-25(20(5)6)16-27(17-26)31-29-12-10-24(19(3)4)14-22(29)8/h9-20H,1-8H3. The SMILES string of the molecule is Cc1cc(C(C)C)ccc1Oc1cc(Oc2ccc(C(C)C)cc2C)cc(C(C)C)c1. The van der Waals surface area contributed by atoms with Crippen molar-refractivity contribution in [3.63, 3.8) is 0 Å². The van der Waals surface area contributed by atoms with E-state index in [4.69, 9.17) is 9.47 Å². The zero-order chi connectivity index (χ0) is 22.7. The Morgan fingerprint density at radius 1 is 0.484 bits per heavy atom. The van der Waals surface area contributed by atoms with E-state index in [-0.39, 0.29) is 0 Å². The van der Waals surface area contributed by atoms with E-state index in [0.29, 0.717) is 17.8 Å². The molecule has 0 heterocycles. The van der Waals surface area contributed by atoms with Gasteiger partial charge in [-0.05, 0) is 83.7 Å². The van der Waals surface area contributed by atoms with Crippen molar-refractivity contribution >= 4 is 0 Å². The average Bonchev–Trinajstić information content (AvgIpc) is 2.70. The maximum absolute atomic E-state index is 6.31. The van der Waals surface area contributed by atoms with Gasteiger partial charge in [-0.2, -0.15) is 0 Å². The molecule has 0 spiro atoms. The van der Waals surface area contributed by atoms with Gasteiger partial charge >= 0.3 is 0 Å². The van der Waals surface area contributed by atoms with Crippen molar-refractivity contribution in [3.05, 3.63) is 82.4 Å². The van der Waals surface area contributed by atoms with Gasteiger partial charge in [-0.3, -0.25) is 0 Å². The number of aryl methyl sites for hydroxylation is 2. The van der Waals surface area contributed by atoms with Gasteiger partial charge in [0.25, 0.3) is 0 Å². The summed E-state index contributed by atoms with van der Waals surface area (Å²) in [5, 5.41) is 0. The van der Waals surface area contributed by atoms with Gasteiger partial charge in [0.1, 0.15) is 23.0 Å². The summed E-state index contributed by atoms with van der Waals surface area (Å²) in [6.45, 7) is 17.4. The van der Waals surface area contributed by atoms with Gasteiger partial charge < -0.3 is 9.47 Å². The van der Waals surface area contributed by atoms with E-state index in [1.54, 1.807) is 0 Å². The lowest BCUT2D eigenvalue weighted by atomic mass is 10.0. The molecule has 0 saturated heterocycles. The first-order chi connectivity index (χ1) is 14.6. The molecular formula is C29H36O2. The fraction of sp³-hybridized carbons (Fsp3) is 0.379. The summed E-state index contributed by atoms with van der Waals surface area (Å²) < 4.78 is 12.6. The van der Waals surface area contributed by atoms with Crippen LogP contribution in [0, 0.1) is 13.8 Å². The Kier molecular flexibility index (Phi) is 7.10. The molecule has 0 fully saturated rings. The number of benzene rings is 3. The predicted molar refractivity (Wildman–Crippen MR) is 131 cm³/mol. The van der Waals surface area contributed by atoms with Crippen molar-refractivity contribution in [2.24, 2.45) is 0 Å². The molecule has 2 heteroatoms. The molecule has 0 aliphatic heterocycles. The van der Waals surface area contributed by atoms with Gasteiger partial charge in [-0.25, -0.2) is 0 Å². The predicted octanol–water partition coefficient (Wildman–Crippen LogP) is 9.26. The lowest BCUT2D eigenvalue weighted by Crippen LogP contribution is -1.96. The van der Waals surface area contributed by atoms with Crippen molar-refractivity contribution in [1.29, 1.82) is 0 Å². The Labute approximate surface area is 188 Å². The van der Waals surface area contributed by atoms with Crippen LogP contribution in [0.4, 0.5) is 0 Å². The van der Waals surface area contributed by atoms with E-state index < -0.39 is 0 Å². The first kappa shape index (κ1) is 22.9. The van der Waals surface area contributed by atoms with Crippen molar-refractivity contribution in [3.8, 4) is 23.0 Å². The minimum absolute atomic E-state index is 0.375. The molecule has 2 nitrogen and oxygen atoms in total. The number of rotatable bonds is 7. The highest BCUT2D eigenvalue weighted by Crippen LogP contribution is 2.35. The zero-order valence-corrected chi connectivity index (χ0v) is 20.2. The Bertz CT molecular complexity index is 967. The van der Waals surface area contributed by atoms with Crippen molar-refractivity contribution < 1.29 is 9.47 Å². The summed E-state index contributed by atoms with van der Waals surface area (Å²) >= 11 is 0. The summed E-state index contributed by atoms with van der Waals surface area (Å²) in [5.41, 5.74) is 6.13. The van der Waals surface area contributed by atoms with Gasteiger partial charge in [0, 0.05) is 6.07 Å². The van der Waals surface area contributed by atoms with Gasteiger partial charge in [-0.1, -0.05) is 65.8 Å². The summed E-state index contributed by atoms with van der Waals surface area (Å²) in [6, 6.07) is 19.1. The summed E-state index contributed by atoms with van der Waals surface area (Å²) in [4.78, 5) is 0. The minimum atomic E-state index is 0.375. The Balaban J connectivity index is 1.91. The number of ether oxygens (including phenoxy) is 2. The molecule has 0 N–H and O–H groups in total. The van der Waals surface area contributed by atoms with E-state index in [1.807, 2.05) is 6.07 Å². The molecule has 164 valence electrons. The first-order valence-corrected chi connectivity index (χ1v) is 11.4. The van der Waals surface area contributed by atoms with E-state index in [1.165, 1.54) is 16.7 Å². The maximum atomic E-state index is 6.31. The highest BCUT2D eigenvalue weighted by Gasteiger charge is 2.12. The third-order valence-corrected chi connectivity index (χ3v) is 5.76. The van der Waals surface area contributed by atoms with Crippen LogP contribution in [0.2, 0.25) is 0 Å². The molecule has 0 unspecified atom stereocenters. The van der Waals surface area contributed by atoms with Crippen molar-refractivity contribution in [2.75, 3.05) is 0 Å². The third kappa shape index (κ3) is 5.70. The molecule has 0 atom stereocenters. The van der Waals surface area contributed by atoms with Gasteiger partial charge in [0.2, 0.25) is 0 Å². The van der Waals surface area contributed by atoms with Crippen LogP contribution in [0.3, 0.4) is 0 Å². The normalized spacial score (nSPS) is 11.5. The van der Waals surface area contributed by atoms with Crippen LogP contribution < -0.4 is 9.47 Å². The van der Waals surface area contributed by atoms with Gasteiger partial charge in [-0.15, -0.1) is 0 Å². The van der Waals surface area contributed by atoms with E-state index in [9.17, 15) is 0 Å². The topological polar surface area (TPSA) is 18.5 Å². The van der Waals surface area contributed by atoms with Crippen LogP contribution in [-0.2, 0) is 0 Å². The Hall–Kier alpha value is -2.74. The fourth-order valence-electron chi connectivity index (χ4n) is 3.59. The van der Waals surface area contributed by atoms with Gasteiger partial charge in [0.05, 0.1) is 0 Å². The maximum Gasteiger partial charge on any atom is 0.131 e. The largest absolute Gasteiger partial charge is 0.457 e. The summed E-state index contributed by atoms with van der Waals surface area (Å²) in [5.74, 6) is 4.75. The molecule has 3 aromatic carbocycles. The molecule has 0 saturated carbocycles. The second-order valence-electron chi connectivity index (χ2n) is 9.46. The zero-order valence-electron chi connectivity index (χ0n) is 20.2. The number of hydrogen-bond donors (Lipinski definition) is 0. The second kappa shape index (κ2) is 9.60. The fourth-order valence-corrected chi connectivity index (χ4v) is 3.59. The molecule has 0 radical (unpaired) electrons. The van der Waals surface area contributed by atoms with Crippen molar-refractivity contribution in [2.45, 2.75) is 73.1 Å². The molecule has 0 amide bonds. The molecule has 3 rings (SSSR count). The number of hydrogen-bond acceptors (Lipinski definition) is 2.